The molecule has 0 radical (unpaired) electrons. The van der Waals surface area contributed by atoms with Gasteiger partial charge in [-0.15, -0.1) is 11.8 Å². The lowest BCUT2D eigenvalue weighted by Gasteiger charge is -2.07. The van der Waals surface area contributed by atoms with Crippen LogP contribution in [-0.4, -0.2) is 13.4 Å². The lowest BCUT2D eigenvalue weighted by molar-refractivity contribution is 0.412. The van der Waals surface area contributed by atoms with Gasteiger partial charge >= 0.3 is 0 Å². The van der Waals surface area contributed by atoms with Gasteiger partial charge in [0.25, 0.3) is 0 Å². The Balaban J connectivity index is 3.28. The molecule has 0 unspecified atom stereocenters. The number of hydrogen-bond acceptors (Lipinski definition) is 3. The molecule has 2 nitrogen and oxygen atoms in total. The number of hydrogen-bond donors (Lipinski definition) is 0. The molecular weight excluding hydrogens is 182 g/mol. The van der Waals surface area contributed by atoms with Gasteiger partial charge in [0.15, 0.2) is 0 Å². The summed E-state index contributed by atoms with van der Waals surface area (Å²) in [5.74, 6) is 0.651. The average Bonchev–Trinajstić information content (AvgIpc) is 2.17. The van der Waals surface area contributed by atoms with Gasteiger partial charge in [-0.2, -0.15) is 5.26 Å². The fourth-order valence-corrected chi connectivity index (χ4v) is 1.75. The summed E-state index contributed by atoms with van der Waals surface area (Å²) in [6.45, 7) is 2.01. The van der Waals surface area contributed by atoms with Gasteiger partial charge in [0.05, 0.1) is 12.7 Å². The van der Waals surface area contributed by atoms with Crippen LogP contribution in [0.3, 0.4) is 0 Å². The molecule has 0 atom stereocenters. The summed E-state index contributed by atoms with van der Waals surface area (Å²) in [5, 5.41) is 8.82. The number of methoxy groups -OCH3 is 1. The van der Waals surface area contributed by atoms with Crippen molar-refractivity contribution in [3.63, 3.8) is 0 Å². The molecule has 0 N–H and O–H groups in total. The van der Waals surface area contributed by atoms with Crippen molar-refractivity contribution in [2.45, 2.75) is 11.8 Å². The van der Waals surface area contributed by atoms with Crippen LogP contribution in [0.25, 0.3) is 0 Å². The second-order valence-corrected chi connectivity index (χ2v) is 3.48. The first-order chi connectivity index (χ1) is 6.22. The fraction of sp³-hybridized carbons (Fsp3) is 0.300. The molecule has 0 aliphatic carbocycles. The SMILES string of the molecule is COc1cc(C)c(SC)cc1C#N. The van der Waals surface area contributed by atoms with Crippen molar-refractivity contribution in [1.29, 1.82) is 5.26 Å². The lowest BCUT2D eigenvalue weighted by Crippen LogP contribution is -1.90. The minimum atomic E-state index is 0.595. The topological polar surface area (TPSA) is 33.0 Å². The normalized spacial score (nSPS) is 9.38. The van der Waals surface area contributed by atoms with E-state index in [1.165, 1.54) is 0 Å². The second kappa shape index (κ2) is 4.20. The van der Waals surface area contributed by atoms with Gasteiger partial charge in [-0.05, 0) is 30.9 Å². The maximum absolute atomic E-state index is 8.82. The Morgan fingerprint density at radius 3 is 2.62 bits per heavy atom. The molecule has 0 saturated carbocycles. The highest BCUT2D eigenvalue weighted by Gasteiger charge is 2.06. The van der Waals surface area contributed by atoms with Crippen molar-refractivity contribution in [2.24, 2.45) is 0 Å². The highest BCUT2D eigenvalue weighted by Crippen LogP contribution is 2.27. The molecular formula is C10H11NOS. The molecule has 13 heavy (non-hydrogen) atoms. The summed E-state index contributed by atoms with van der Waals surface area (Å²) < 4.78 is 5.08. The second-order valence-electron chi connectivity index (χ2n) is 2.63. The Kier molecular flexibility index (Phi) is 3.21. The lowest BCUT2D eigenvalue weighted by atomic mass is 10.1. The first-order valence-corrected chi connectivity index (χ1v) is 5.08. The molecule has 0 aromatic heterocycles. The van der Waals surface area contributed by atoms with Gasteiger partial charge in [0.1, 0.15) is 11.8 Å². The van der Waals surface area contributed by atoms with Crippen LogP contribution in [0.5, 0.6) is 5.75 Å². The molecule has 68 valence electrons. The molecule has 0 heterocycles. The van der Waals surface area contributed by atoms with E-state index in [9.17, 15) is 0 Å². The van der Waals surface area contributed by atoms with E-state index in [2.05, 4.69) is 6.07 Å². The number of thioether (sulfide) groups is 1. The molecule has 1 rings (SSSR count). The number of aryl methyl sites for hydroxylation is 1. The van der Waals surface area contributed by atoms with E-state index in [1.54, 1.807) is 18.9 Å². The Morgan fingerprint density at radius 1 is 1.46 bits per heavy atom. The highest BCUT2D eigenvalue weighted by atomic mass is 32.2. The van der Waals surface area contributed by atoms with Crippen LogP contribution < -0.4 is 4.74 Å². The monoisotopic (exact) mass is 193 g/mol. The molecule has 0 aliphatic heterocycles. The van der Waals surface area contributed by atoms with E-state index in [-0.39, 0.29) is 0 Å². The minimum absolute atomic E-state index is 0.595. The van der Waals surface area contributed by atoms with Gasteiger partial charge in [0.2, 0.25) is 0 Å². The van der Waals surface area contributed by atoms with E-state index in [4.69, 9.17) is 10.00 Å². The van der Waals surface area contributed by atoms with E-state index < -0.39 is 0 Å². The molecule has 1 aromatic carbocycles. The molecule has 0 aliphatic rings. The summed E-state index contributed by atoms with van der Waals surface area (Å²) in [7, 11) is 1.58. The van der Waals surface area contributed by atoms with Crippen LogP contribution >= 0.6 is 11.8 Å². The number of nitrogens with zero attached hydrogens (tertiary/aromatic N) is 1. The third-order valence-corrected chi connectivity index (χ3v) is 2.72. The largest absolute Gasteiger partial charge is 0.495 e. The third-order valence-electron chi connectivity index (χ3n) is 1.84. The maximum atomic E-state index is 8.82. The predicted molar refractivity (Wildman–Crippen MR) is 54.2 cm³/mol. The predicted octanol–water partition coefficient (Wildman–Crippen LogP) is 2.60. The first kappa shape index (κ1) is 9.94. The standard InChI is InChI=1S/C10H11NOS/c1-7-4-9(12-2)8(6-11)5-10(7)13-3/h4-5H,1-3H3. The highest BCUT2D eigenvalue weighted by molar-refractivity contribution is 7.98. The summed E-state index contributed by atoms with van der Waals surface area (Å²) in [5.41, 5.74) is 1.74. The Labute approximate surface area is 82.5 Å². The zero-order valence-electron chi connectivity index (χ0n) is 7.92. The number of benzene rings is 1. The Hall–Kier alpha value is -1.14. The molecule has 1 aromatic rings. The quantitative estimate of drug-likeness (QED) is 0.677. The van der Waals surface area contributed by atoms with Crippen LogP contribution in [0.4, 0.5) is 0 Å². The van der Waals surface area contributed by atoms with Gasteiger partial charge in [-0.3, -0.25) is 0 Å². The van der Waals surface area contributed by atoms with E-state index in [0.29, 0.717) is 11.3 Å². The summed E-state index contributed by atoms with van der Waals surface area (Å²) >= 11 is 1.64. The summed E-state index contributed by atoms with van der Waals surface area (Å²) in [6, 6.07) is 5.86. The molecule has 0 amide bonds. The van der Waals surface area contributed by atoms with Gasteiger partial charge < -0.3 is 4.74 Å². The van der Waals surface area contributed by atoms with Crippen LogP contribution in [0.15, 0.2) is 17.0 Å². The number of ether oxygens (including phenoxy) is 1. The fourth-order valence-electron chi connectivity index (χ4n) is 1.14. The van der Waals surface area contributed by atoms with Crippen molar-refractivity contribution < 1.29 is 4.74 Å². The van der Waals surface area contributed by atoms with Crippen LogP contribution in [0.2, 0.25) is 0 Å². The Morgan fingerprint density at radius 2 is 2.15 bits per heavy atom. The van der Waals surface area contributed by atoms with Crippen LogP contribution in [0.1, 0.15) is 11.1 Å². The van der Waals surface area contributed by atoms with Gasteiger partial charge in [-0.25, -0.2) is 0 Å². The molecule has 0 saturated heterocycles. The average molecular weight is 193 g/mol. The third kappa shape index (κ3) is 1.96. The number of nitriles is 1. The van der Waals surface area contributed by atoms with Crippen LogP contribution in [0, 0.1) is 18.3 Å². The molecule has 0 bridgehead atoms. The molecule has 0 fully saturated rings. The van der Waals surface area contributed by atoms with Crippen molar-refractivity contribution in [1.82, 2.24) is 0 Å². The maximum Gasteiger partial charge on any atom is 0.136 e. The zero-order chi connectivity index (χ0) is 9.84. The summed E-state index contributed by atoms with van der Waals surface area (Å²) in [4.78, 5) is 1.12. The van der Waals surface area contributed by atoms with Crippen molar-refractivity contribution in [2.75, 3.05) is 13.4 Å². The van der Waals surface area contributed by atoms with Crippen molar-refractivity contribution in [3.8, 4) is 11.8 Å². The molecule has 3 heteroatoms. The molecule has 0 spiro atoms. The minimum Gasteiger partial charge on any atom is -0.495 e. The van der Waals surface area contributed by atoms with Gasteiger partial charge in [-0.1, -0.05) is 0 Å². The first-order valence-electron chi connectivity index (χ1n) is 3.85. The van der Waals surface area contributed by atoms with E-state index >= 15 is 0 Å². The van der Waals surface area contributed by atoms with Crippen molar-refractivity contribution in [3.05, 3.63) is 23.3 Å². The summed E-state index contributed by atoms with van der Waals surface area (Å²) in [6.07, 6.45) is 2.00. The van der Waals surface area contributed by atoms with Gasteiger partial charge in [0, 0.05) is 4.90 Å². The number of rotatable bonds is 2. The van der Waals surface area contributed by atoms with E-state index in [1.807, 2.05) is 25.3 Å². The van der Waals surface area contributed by atoms with E-state index in [0.717, 1.165) is 10.5 Å². The smallest absolute Gasteiger partial charge is 0.136 e. The van der Waals surface area contributed by atoms with Crippen LogP contribution in [-0.2, 0) is 0 Å². The zero-order valence-corrected chi connectivity index (χ0v) is 8.73. The Bertz CT molecular complexity index is 355. The van der Waals surface area contributed by atoms with Crippen molar-refractivity contribution >= 4 is 11.8 Å².